The van der Waals surface area contributed by atoms with Gasteiger partial charge in [-0.15, -0.1) is 10.2 Å². The number of halogens is 3. The van der Waals surface area contributed by atoms with Gasteiger partial charge in [-0.1, -0.05) is 31.4 Å². The third-order valence-corrected chi connectivity index (χ3v) is 8.58. The minimum Gasteiger partial charge on any atom is -0.322 e. The van der Waals surface area contributed by atoms with E-state index in [1.54, 1.807) is 18.2 Å². The van der Waals surface area contributed by atoms with Gasteiger partial charge < -0.3 is 10.2 Å². The number of hydrogen-bond donors (Lipinski definition) is 1. The highest BCUT2D eigenvalue weighted by Crippen LogP contribution is 2.35. The van der Waals surface area contributed by atoms with Gasteiger partial charge in [-0.2, -0.15) is 18.3 Å². The number of amides is 1. The molecule has 0 unspecified atom stereocenters. The molecule has 0 radical (unpaired) electrons. The third-order valence-electron chi connectivity index (χ3n) is 8.58. The molecule has 1 fully saturated rings. The molecule has 0 saturated carbocycles. The van der Waals surface area contributed by atoms with Gasteiger partial charge in [0.1, 0.15) is 0 Å². The number of unbranched alkanes of at least 4 members (excludes halogenated alkanes) is 1. The van der Waals surface area contributed by atoms with Crippen LogP contribution in [0, 0.1) is 18.8 Å². The average Bonchev–Trinajstić information content (AvgIpc) is 3.71. The summed E-state index contributed by atoms with van der Waals surface area (Å²) in [5.74, 6) is 6.07. The molecule has 3 aromatic heterocycles. The summed E-state index contributed by atoms with van der Waals surface area (Å²) >= 11 is 0. The Morgan fingerprint density at radius 3 is 2.54 bits per heavy atom. The maximum Gasteiger partial charge on any atom is 0.416 e. The van der Waals surface area contributed by atoms with Gasteiger partial charge in [0.25, 0.3) is 5.91 Å². The number of nitrogens with one attached hydrogen (secondary N) is 1. The van der Waals surface area contributed by atoms with E-state index in [9.17, 15) is 18.0 Å². The maximum absolute atomic E-state index is 14.1. The number of benzene rings is 2. The zero-order valence-corrected chi connectivity index (χ0v) is 27.2. The lowest BCUT2D eigenvalue weighted by atomic mass is 10.0. The topological polar surface area (TPSA) is 83.6 Å². The Hall–Kier alpha value is -4.99. The molecule has 1 saturated heterocycles. The first kappa shape index (κ1) is 32.9. The highest BCUT2D eigenvalue weighted by Gasteiger charge is 2.34. The van der Waals surface area contributed by atoms with Crippen molar-refractivity contribution in [2.75, 3.05) is 38.5 Å². The molecule has 4 heterocycles. The van der Waals surface area contributed by atoms with E-state index in [1.807, 2.05) is 58.7 Å². The number of rotatable bonds is 8. The van der Waals surface area contributed by atoms with Crippen LogP contribution in [0.3, 0.4) is 0 Å². The Morgan fingerprint density at radius 2 is 1.77 bits per heavy atom. The van der Waals surface area contributed by atoms with Crippen molar-refractivity contribution in [1.82, 2.24) is 34.2 Å². The quantitative estimate of drug-likeness (QED) is 0.203. The lowest BCUT2D eigenvalue weighted by Crippen LogP contribution is -2.44. The molecule has 1 aliphatic heterocycles. The van der Waals surface area contributed by atoms with Crippen LogP contribution in [-0.2, 0) is 19.3 Å². The van der Waals surface area contributed by atoms with Crippen LogP contribution in [0.2, 0.25) is 0 Å². The van der Waals surface area contributed by atoms with Crippen molar-refractivity contribution in [1.29, 1.82) is 0 Å². The van der Waals surface area contributed by atoms with Gasteiger partial charge in [0.05, 0.1) is 11.8 Å². The van der Waals surface area contributed by atoms with Crippen LogP contribution in [0.1, 0.15) is 58.2 Å². The Balaban J connectivity index is 1.20. The second-order valence-corrected chi connectivity index (χ2v) is 12.2. The number of nitrogens with zero attached hydrogens (tertiary/aromatic N) is 7. The Bertz CT molecular complexity index is 1990. The van der Waals surface area contributed by atoms with Crippen molar-refractivity contribution in [2.45, 2.75) is 46.0 Å². The minimum absolute atomic E-state index is 0.0734. The number of pyridine rings is 1. The number of hydrogen-bond acceptors (Lipinski definition) is 6. The predicted molar refractivity (Wildman–Crippen MR) is 178 cm³/mol. The van der Waals surface area contributed by atoms with Gasteiger partial charge in [-0.25, -0.2) is 0 Å². The van der Waals surface area contributed by atoms with Crippen LogP contribution in [0.4, 0.5) is 18.9 Å². The van der Waals surface area contributed by atoms with Crippen LogP contribution in [0.5, 0.6) is 0 Å². The standard InChI is InChI=1S/C36H37F3N8O/c1-4-5-14-46-23-30(21-40-46)28-10-13-34-43-42-33(47(34)24-28)12-9-26-19-27(7-6-25(26)2)35(48)41-31-11-8-29(32(20-31)36(37,38)39)22-45-17-15-44(3)16-18-45/h6-8,10-11,13,19-21,23-24H,4-5,14-18,22H2,1-3H3,(H,41,48). The van der Waals surface area contributed by atoms with Gasteiger partial charge in [-0.05, 0) is 73.8 Å². The summed E-state index contributed by atoms with van der Waals surface area (Å²) in [5, 5.41) is 15.6. The van der Waals surface area contributed by atoms with E-state index in [4.69, 9.17) is 0 Å². The fourth-order valence-electron chi connectivity index (χ4n) is 5.63. The maximum atomic E-state index is 14.1. The summed E-state index contributed by atoms with van der Waals surface area (Å²) in [6, 6.07) is 12.8. The Morgan fingerprint density at radius 1 is 0.958 bits per heavy atom. The largest absolute Gasteiger partial charge is 0.416 e. The summed E-state index contributed by atoms with van der Waals surface area (Å²) < 4.78 is 46.0. The first-order chi connectivity index (χ1) is 23.1. The van der Waals surface area contributed by atoms with Crippen molar-refractivity contribution < 1.29 is 18.0 Å². The first-order valence-corrected chi connectivity index (χ1v) is 16.0. The number of aromatic nitrogens is 5. The molecule has 48 heavy (non-hydrogen) atoms. The zero-order valence-electron chi connectivity index (χ0n) is 27.2. The molecule has 0 bridgehead atoms. The summed E-state index contributed by atoms with van der Waals surface area (Å²) in [4.78, 5) is 17.4. The average molecular weight is 655 g/mol. The van der Waals surface area contributed by atoms with Crippen molar-refractivity contribution in [3.05, 3.63) is 101 Å². The number of fused-ring (bicyclic) bond motifs is 1. The van der Waals surface area contributed by atoms with Gasteiger partial charge in [0, 0.05) is 79.6 Å². The zero-order chi connectivity index (χ0) is 33.8. The van der Waals surface area contributed by atoms with Crippen molar-refractivity contribution >= 4 is 17.2 Å². The molecule has 12 heteroatoms. The number of alkyl halides is 3. The Labute approximate surface area is 277 Å². The summed E-state index contributed by atoms with van der Waals surface area (Å²) in [6.45, 7) is 8.08. The van der Waals surface area contributed by atoms with Gasteiger partial charge in [-0.3, -0.25) is 18.8 Å². The molecular formula is C36H37F3N8O. The minimum atomic E-state index is -4.56. The van der Waals surface area contributed by atoms with E-state index in [-0.39, 0.29) is 23.4 Å². The molecular weight excluding hydrogens is 617 g/mol. The van der Waals surface area contributed by atoms with E-state index in [1.165, 1.54) is 12.1 Å². The van der Waals surface area contributed by atoms with E-state index < -0.39 is 17.6 Å². The molecule has 5 aromatic rings. The van der Waals surface area contributed by atoms with E-state index in [0.29, 0.717) is 30.1 Å². The summed E-state index contributed by atoms with van der Waals surface area (Å²) in [6.07, 6.45) is 3.35. The van der Waals surface area contributed by atoms with Crippen molar-refractivity contribution in [3.63, 3.8) is 0 Å². The van der Waals surface area contributed by atoms with Crippen LogP contribution in [0.15, 0.2) is 67.1 Å². The normalized spacial score (nSPS) is 14.2. The van der Waals surface area contributed by atoms with E-state index >= 15 is 0 Å². The van der Waals surface area contributed by atoms with Crippen LogP contribution in [-0.4, -0.2) is 73.3 Å². The third kappa shape index (κ3) is 7.59. The molecule has 1 amide bonds. The van der Waals surface area contributed by atoms with Crippen molar-refractivity contribution in [3.8, 4) is 23.0 Å². The van der Waals surface area contributed by atoms with Crippen LogP contribution >= 0.6 is 0 Å². The smallest absolute Gasteiger partial charge is 0.322 e. The van der Waals surface area contributed by atoms with E-state index in [2.05, 4.69) is 44.3 Å². The molecule has 9 nitrogen and oxygen atoms in total. The van der Waals surface area contributed by atoms with Crippen molar-refractivity contribution in [2.24, 2.45) is 0 Å². The van der Waals surface area contributed by atoms with Gasteiger partial charge in [0.2, 0.25) is 5.82 Å². The predicted octanol–water partition coefficient (Wildman–Crippen LogP) is 6.12. The van der Waals surface area contributed by atoms with Gasteiger partial charge >= 0.3 is 6.18 Å². The van der Waals surface area contributed by atoms with E-state index in [0.717, 1.165) is 55.2 Å². The number of carbonyl (C=O) groups excluding carboxylic acids is 1. The fraction of sp³-hybridized carbons (Fsp3) is 0.333. The van der Waals surface area contributed by atoms with Crippen LogP contribution in [0.25, 0.3) is 16.8 Å². The monoisotopic (exact) mass is 654 g/mol. The van der Waals surface area contributed by atoms with Gasteiger partial charge in [0.15, 0.2) is 5.65 Å². The lowest BCUT2D eigenvalue weighted by Gasteiger charge is -2.33. The SMILES string of the molecule is CCCCn1cc(-c2ccc3nnc(C#Cc4cc(C(=O)Nc5ccc(CN6CCN(C)CC6)c(C(F)(F)F)c5)ccc4C)n3c2)cn1. The van der Waals surface area contributed by atoms with Crippen LogP contribution < -0.4 is 5.32 Å². The second kappa shape index (κ2) is 14.0. The number of anilines is 1. The number of likely N-dealkylation sites (N-methyl/N-ethyl adjacent to an activating group) is 1. The number of carbonyl (C=O) groups is 1. The molecule has 2 aromatic carbocycles. The highest BCUT2D eigenvalue weighted by molar-refractivity contribution is 6.04. The fourth-order valence-corrected chi connectivity index (χ4v) is 5.63. The summed E-state index contributed by atoms with van der Waals surface area (Å²) in [7, 11) is 2.00. The Kier molecular flexibility index (Phi) is 9.61. The molecule has 0 spiro atoms. The highest BCUT2D eigenvalue weighted by atomic mass is 19.4. The molecule has 248 valence electrons. The second-order valence-electron chi connectivity index (χ2n) is 12.2. The summed E-state index contributed by atoms with van der Waals surface area (Å²) in [5.41, 5.74) is 3.77. The number of piperazine rings is 1. The number of aryl methyl sites for hydroxylation is 2. The molecule has 1 N–H and O–H groups in total. The molecule has 6 rings (SSSR count). The first-order valence-electron chi connectivity index (χ1n) is 16.0. The molecule has 0 atom stereocenters. The molecule has 0 aliphatic carbocycles. The lowest BCUT2D eigenvalue weighted by molar-refractivity contribution is -0.138. The molecule has 1 aliphatic rings.